The summed E-state index contributed by atoms with van der Waals surface area (Å²) in [6, 6.07) is 13.1. The Morgan fingerprint density at radius 3 is 1.69 bits per heavy atom. The molecule has 0 radical (unpaired) electrons. The van der Waals surface area contributed by atoms with E-state index in [2.05, 4.69) is 21.1 Å². The van der Waals surface area contributed by atoms with Crippen LogP contribution in [0.15, 0.2) is 70.9 Å². The van der Waals surface area contributed by atoms with Crippen LogP contribution in [-0.2, 0) is 0 Å². The number of hydrazone groups is 2. The van der Waals surface area contributed by atoms with Crippen LogP contribution in [0.3, 0.4) is 0 Å². The van der Waals surface area contributed by atoms with E-state index in [0.717, 1.165) is 0 Å². The molecular formula is C23H18N6O7. The Labute approximate surface area is 203 Å². The first-order chi connectivity index (χ1) is 17.2. The van der Waals surface area contributed by atoms with Crippen molar-refractivity contribution in [3.63, 3.8) is 0 Å². The molecular weight excluding hydrogens is 472 g/mol. The largest absolute Gasteiger partial charge is 0.507 e. The third kappa shape index (κ3) is 6.32. The van der Waals surface area contributed by atoms with Gasteiger partial charge >= 0.3 is 0 Å². The average Bonchev–Trinajstić information content (AvgIpc) is 2.86. The van der Waals surface area contributed by atoms with Crippen LogP contribution in [0.4, 0.5) is 11.4 Å². The standard InChI is InChI=1S/C23H18N6O7/c1-14-10-15(12-24-26-22(31)16-2-6-19(7-3-16)28(33)34)11-18(21(14)30)13-25-27-23(32)17-4-8-20(9-5-17)29(35)36/h2-13,30H,1H3,(H,26,31)(H,27,32)/b24-12-,25-13+. The topological polar surface area (TPSA) is 189 Å². The summed E-state index contributed by atoms with van der Waals surface area (Å²) in [7, 11) is 0. The number of aryl methyl sites for hydroxylation is 1. The Morgan fingerprint density at radius 1 is 0.806 bits per heavy atom. The lowest BCUT2D eigenvalue weighted by atomic mass is 10.1. The smallest absolute Gasteiger partial charge is 0.271 e. The molecule has 0 saturated heterocycles. The summed E-state index contributed by atoms with van der Waals surface area (Å²) in [6.07, 6.45) is 2.53. The number of nitro groups is 2. The van der Waals surface area contributed by atoms with Gasteiger partial charge in [0.05, 0.1) is 22.3 Å². The molecule has 0 aromatic heterocycles. The minimum atomic E-state index is -0.607. The summed E-state index contributed by atoms with van der Waals surface area (Å²) >= 11 is 0. The number of carbonyl (C=O) groups excluding carboxylic acids is 2. The molecule has 3 rings (SSSR count). The molecule has 0 fully saturated rings. The minimum absolute atomic E-state index is 0.0876. The van der Waals surface area contributed by atoms with Gasteiger partial charge in [-0.05, 0) is 54.4 Å². The Bertz CT molecular complexity index is 1380. The fourth-order valence-corrected chi connectivity index (χ4v) is 2.93. The molecule has 0 saturated carbocycles. The van der Waals surface area contributed by atoms with Gasteiger partial charge in [-0.1, -0.05) is 0 Å². The Hall–Kier alpha value is -5.46. The van der Waals surface area contributed by atoms with Gasteiger partial charge in [0.1, 0.15) is 5.75 Å². The number of nitrogens with one attached hydrogen (secondary N) is 2. The van der Waals surface area contributed by atoms with Crippen molar-refractivity contribution >= 4 is 35.6 Å². The number of nitrogens with zero attached hydrogens (tertiary/aromatic N) is 4. The summed E-state index contributed by atoms with van der Waals surface area (Å²) in [5.41, 5.74) is 5.83. The highest BCUT2D eigenvalue weighted by atomic mass is 16.6. The first-order valence-electron chi connectivity index (χ1n) is 10.1. The van der Waals surface area contributed by atoms with Crippen LogP contribution >= 0.6 is 0 Å². The molecule has 13 nitrogen and oxygen atoms in total. The number of carbonyl (C=O) groups is 2. The number of phenols is 1. The van der Waals surface area contributed by atoms with E-state index in [9.17, 15) is 34.9 Å². The summed E-state index contributed by atoms with van der Waals surface area (Å²) < 4.78 is 0. The second-order valence-electron chi connectivity index (χ2n) is 7.28. The molecule has 0 atom stereocenters. The van der Waals surface area contributed by atoms with Crippen molar-refractivity contribution in [2.45, 2.75) is 6.92 Å². The van der Waals surface area contributed by atoms with Crippen molar-refractivity contribution in [1.82, 2.24) is 10.9 Å². The maximum atomic E-state index is 12.2. The quantitative estimate of drug-likeness (QED) is 0.245. The van der Waals surface area contributed by atoms with Crippen LogP contribution in [0.5, 0.6) is 5.75 Å². The zero-order valence-corrected chi connectivity index (χ0v) is 18.6. The van der Waals surface area contributed by atoms with Crippen molar-refractivity contribution in [1.29, 1.82) is 0 Å². The number of phenolic OH excluding ortho intramolecular Hbond substituents is 1. The zero-order chi connectivity index (χ0) is 26.2. The lowest BCUT2D eigenvalue weighted by Gasteiger charge is -2.06. The van der Waals surface area contributed by atoms with Gasteiger partial charge in [-0.25, -0.2) is 10.9 Å². The lowest BCUT2D eigenvalue weighted by molar-refractivity contribution is -0.385. The molecule has 0 aliphatic carbocycles. The number of aromatic hydroxyl groups is 1. The molecule has 0 spiro atoms. The van der Waals surface area contributed by atoms with Crippen LogP contribution in [0.1, 0.15) is 37.4 Å². The van der Waals surface area contributed by atoms with Gasteiger partial charge in [0, 0.05) is 41.0 Å². The molecule has 2 amide bonds. The molecule has 13 heteroatoms. The molecule has 3 aromatic rings. The minimum Gasteiger partial charge on any atom is -0.507 e. The van der Waals surface area contributed by atoms with E-state index in [4.69, 9.17) is 0 Å². The Morgan fingerprint density at radius 2 is 1.25 bits per heavy atom. The highest BCUT2D eigenvalue weighted by Crippen LogP contribution is 2.22. The molecule has 3 N–H and O–H groups in total. The highest BCUT2D eigenvalue weighted by molar-refractivity contribution is 5.96. The molecule has 0 bridgehead atoms. The van der Waals surface area contributed by atoms with Gasteiger partial charge in [-0.2, -0.15) is 10.2 Å². The van der Waals surface area contributed by atoms with Crippen molar-refractivity contribution in [2.75, 3.05) is 0 Å². The summed E-state index contributed by atoms with van der Waals surface area (Å²) in [6.45, 7) is 1.63. The third-order valence-corrected chi connectivity index (χ3v) is 4.78. The lowest BCUT2D eigenvalue weighted by Crippen LogP contribution is -2.17. The van der Waals surface area contributed by atoms with Crippen LogP contribution in [0.2, 0.25) is 0 Å². The monoisotopic (exact) mass is 490 g/mol. The normalized spacial score (nSPS) is 10.9. The van der Waals surface area contributed by atoms with E-state index in [0.29, 0.717) is 11.1 Å². The number of rotatable bonds is 8. The van der Waals surface area contributed by atoms with Crippen molar-refractivity contribution in [3.05, 3.63) is 109 Å². The van der Waals surface area contributed by atoms with Gasteiger partial charge < -0.3 is 5.11 Å². The molecule has 0 aliphatic rings. The van der Waals surface area contributed by atoms with Crippen LogP contribution < -0.4 is 10.9 Å². The molecule has 0 unspecified atom stereocenters. The van der Waals surface area contributed by atoms with Crippen LogP contribution in [-0.4, -0.2) is 39.2 Å². The number of amides is 2. The molecule has 0 heterocycles. The summed E-state index contributed by atoms with van der Waals surface area (Å²) in [4.78, 5) is 44.6. The summed E-state index contributed by atoms with van der Waals surface area (Å²) in [5.74, 6) is -1.27. The fourth-order valence-electron chi connectivity index (χ4n) is 2.93. The van der Waals surface area contributed by atoms with Gasteiger partial charge in [0.25, 0.3) is 23.2 Å². The fraction of sp³-hybridized carbons (Fsp3) is 0.0435. The molecule has 3 aromatic carbocycles. The molecule has 0 aliphatic heterocycles. The van der Waals surface area contributed by atoms with Crippen LogP contribution in [0, 0.1) is 27.2 Å². The molecule has 182 valence electrons. The van der Waals surface area contributed by atoms with Crippen LogP contribution in [0.25, 0.3) is 0 Å². The van der Waals surface area contributed by atoms with E-state index in [1.807, 2.05) is 0 Å². The number of hydrogen-bond donors (Lipinski definition) is 3. The predicted octanol–water partition coefficient (Wildman–Crippen LogP) is 3.04. The highest BCUT2D eigenvalue weighted by Gasteiger charge is 2.10. The van der Waals surface area contributed by atoms with Gasteiger partial charge in [-0.15, -0.1) is 0 Å². The average molecular weight is 490 g/mol. The number of nitro benzene ring substituents is 2. The Balaban J connectivity index is 1.65. The van der Waals surface area contributed by atoms with Gasteiger partial charge in [-0.3, -0.25) is 29.8 Å². The van der Waals surface area contributed by atoms with E-state index in [1.54, 1.807) is 13.0 Å². The number of non-ortho nitro benzene ring substituents is 2. The maximum Gasteiger partial charge on any atom is 0.271 e. The second kappa shape index (κ2) is 11.1. The second-order valence-corrected chi connectivity index (χ2v) is 7.28. The van der Waals surface area contributed by atoms with Crippen molar-refractivity contribution in [3.8, 4) is 5.75 Å². The predicted molar refractivity (Wildman–Crippen MR) is 129 cm³/mol. The van der Waals surface area contributed by atoms with Gasteiger partial charge in [0.2, 0.25) is 0 Å². The number of hydrogen-bond acceptors (Lipinski definition) is 9. The SMILES string of the molecule is Cc1cc(/C=N\NC(=O)c2ccc([N+](=O)[O-])cc2)cc(/C=N/NC(=O)c2ccc([N+](=O)[O-])cc2)c1O. The van der Waals surface area contributed by atoms with Crippen molar-refractivity contribution in [2.24, 2.45) is 10.2 Å². The zero-order valence-electron chi connectivity index (χ0n) is 18.6. The maximum absolute atomic E-state index is 12.2. The van der Waals surface area contributed by atoms with E-state index >= 15 is 0 Å². The first kappa shape index (κ1) is 25.2. The number of benzene rings is 3. The van der Waals surface area contributed by atoms with E-state index < -0.39 is 21.7 Å². The van der Waals surface area contributed by atoms with E-state index in [-0.39, 0.29) is 33.8 Å². The Kier molecular flexibility index (Phi) is 7.77. The van der Waals surface area contributed by atoms with E-state index in [1.165, 1.54) is 67.0 Å². The summed E-state index contributed by atoms with van der Waals surface area (Å²) in [5, 5.41) is 39.3. The third-order valence-electron chi connectivity index (χ3n) is 4.78. The van der Waals surface area contributed by atoms with Gasteiger partial charge in [0.15, 0.2) is 0 Å². The first-order valence-corrected chi connectivity index (χ1v) is 10.1. The van der Waals surface area contributed by atoms with Crippen molar-refractivity contribution < 1.29 is 24.5 Å². The molecule has 36 heavy (non-hydrogen) atoms.